The number of unbranched alkanes of at least 4 members (excludes halogenated alkanes) is 1. The van der Waals surface area contributed by atoms with E-state index in [2.05, 4.69) is 10.3 Å². The van der Waals surface area contributed by atoms with Crippen molar-refractivity contribution >= 4 is 38.8 Å². The third-order valence-electron chi connectivity index (χ3n) is 6.87. The Morgan fingerprint density at radius 3 is 2.54 bits per heavy atom. The van der Waals surface area contributed by atoms with Gasteiger partial charge in [0.15, 0.2) is 0 Å². The Labute approximate surface area is 227 Å². The summed E-state index contributed by atoms with van der Waals surface area (Å²) in [5, 5.41) is 3.73. The maximum absolute atomic E-state index is 14.0. The van der Waals surface area contributed by atoms with Crippen molar-refractivity contribution in [3.8, 4) is 0 Å². The summed E-state index contributed by atoms with van der Waals surface area (Å²) in [6.45, 7) is 2.75. The van der Waals surface area contributed by atoms with Crippen LogP contribution in [0, 0.1) is 6.92 Å². The monoisotopic (exact) mass is 554 g/mol. The number of ether oxygens (including phenoxy) is 1. The molecule has 0 spiro atoms. The molecule has 0 saturated carbocycles. The third kappa shape index (κ3) is 6.55. The van der Waals surface area contributed by atoms with Gasteiger partial charge < -0.3 is 20.8 Å². The lowest BCUT2D eigenvalue weighted by Crippen LogP contribution is -2.51. The van der Waals surface area contributed by atoms with E-state index in [1.165, 1.54) is 12.1 Å². The lowest BCUT2D eigenvalue weighted by Gasteiger charge is -2.30. The van der Waals surface area contributed by atoms with Crippen molar-refractivity contribution < 1.29 is 27.5 Å². The molecule has 1 fully saturated rings. The number of para-hydroxylation sites is 1. The van der Waals surface area contributed by atoms with E-state index in [0.717, 1.165) is 22.9 Å². The van der Waals surface area contributed by atoms with Gasteiger partial charge in [0.1, 0.15) is 12.1 Å². The van der Waals surface area contributed by atoms with Crippen LogP contribution in [0.4, 0.5) is 0 Å². The van der Waals surface area contributed by atoms with Crippen molar-refractivity contribution in [1.29, 1.82) is 0 Å². The number of nitrogens with zero attached hydrogens (tertiary/aromatic N) is 1. The molecule has 1 aromatic heterocycles. The van der Waals surface area contributed by atoms with Crippen LogP contribution >= 0.6 is 0 Å². The minimum Gasteiger partial charge on any atom is -0.390 e. The van der Waals surface area contributed by atoms with E-state index in [4.69, 9.17) is 10.5 Å². The molecule has 3 aromatic rings. The zero-order valence-corrected chi connectivity index (χ0v) is 22.7. The highest BCUT2D eigenvalue weighted by atomic mass is 32.2. The Balaban J connectivity index is 1.72. The van der Waals surface area contributed by atoms with Crippen molar-refractivity contribution in [3.05, 3.63) is 65.9 Å². The molecule has 1 saturated heterocycles. The number of amides is 1. The molecule has 0 bridgehead atoms. The number of hydrogen-bond donors (Lipinski definition) is 3. The molecule has 2 heterocycles. The van der Waals surface area contributed by atoms with Crippen LogP contribution < -0.4 is 11.1 Å². The minimum absolute atomic E-state index is 0.0356. The normalized spacial score (nSPS) is 16.2. The van der Waals surface area contributed by atoms with Crippen molar-refractivity contribution in [1.82, 2.24) is 14.6 Å². The predicted molar refractivity (Wildman–Crippen MR) is 146 cm³/mol. The highest BCUT2D eigenvalue weighted by molar-refractivity contribution is 7.89. The van der Waals surface area contributed by atoms with Gasteiger partial charge in [-0.2, -0.15) is 0 Å². The summed E-state index contributed by atoms with van der Waals surface area (Å²) in [5.41, 5.74) is 7.85. The molecule has 2 atom stereocenters. The molecule has 1 aliphatic rings. The third-order valence-corrected chi connectivity index (χ3v) is 8.72. The second-order valence-electron chi connectivity index (χ2n) is 9.73. The largest absolute Gasteiger partial charge is 0.390 e. The van der Waals surface area contributed by atoms with Crippen LogP contribution in [0.1, 0.15) is 43.2 Å². The molecule has 208 valence electrons. The van der Waals surface area contributed by atoms with Gasteiger partial charge in [-0.15, -0.1) is 0 Å². The predicted octanol–water partition coefficient (Wildman–Crippen LogP) is 2.56. The summed E-state index contributed by atoms with van der Waals surface area (Å²) in [6.07, 6.45) is 3.44. The molecular weight excluding hydrogens is 520 g/mol. The highest BCUT2D eigenvalue weighted by Gasteiger charge is 2.41. The number of benzene rings is 2. The lowest BCUT2D eigenvalue weighted by atomic mass is 10.1. The number of hydrogen-bond acceptors (Lipinski definition) is 8. The smallest absolute Gasteiger partial charge is 0.337 e. The van der Waals surface area contributed by atoms with Gasteiger partial charge in [-0.1, -0.05) is 35.9 Å². The van der Waals surface area contributed by atoms with E-state index in [-0.39, 0.29) is 17.7 Å². The van der Waals surface area contributed by atoms with E-state index in [9.17, 15) is 22.8 Å². The van der Waals surface area contributed by atoms with Crippen LogP contribution in [-0.2, 0) is 35.6 Å². The highest BCUT2D eigenvalue weighted by Crippen LogP contribution is 2.26. The number of rotatable bonds is 11. The number of esters is 2. The summed E-state index contributed by atoms with van der Waals surface area (Å²) in [5.74, 6) is -2.66. The molecule has 1 amide bonds. The topological polar surface area (TPSA) is 152 Å². The van der Waals surface area contributed by atoms with Crippen LogP contribution in [0.2, 0.25) is 0 Å². The number of aromatic amines is 1. The van der Waals surface area contributed by atoms with Crippen LogP contribution in [0.15, 0.2) is 59.6 Å². The van der Waals surface area contributed by atoms with Gasteiger partial charge in [-0.3, -0.25) is 4.79 Å². The second-order valence-corrected chi connectivity index (χ2v) is 11.5. The van der Waals surface area contributed by atoms with Gasteiger partial charge in [-0.25, -0.2) is 22.3 Å². The molecule has 4 rings (SSSR count). The fourth-order valence-electron chi connectivity index (χ4n) is 4.75. The number of sulfonamides is 1. The Bertz CT molecular complexity index is 1430. The average molecular weight is 555 g/mol. The van der Waals surface area contributed by atoms with Gasteiger partial charge in [0.2, 0.25) is 5.91 Å². The van der Waals surface area contributed by atoms with Crippen molar-refractivity contribution in [2.75, 3.05) is 13.1 Å². The van der Waals surface area contributed by atoms with E-state index < -0.39 is 40.0 Å². The minimum atomic E-state index is -4.50. The maximum Gasteiger partial charge on any atom is 0.337 e. The van der Waals surface area contributed by atoms with Crippen LogP contribution in [0.3, 0.4) is 0 Å². The molecule has 0 radical (unpaired) electrons. The van der Waals surface area contributed by atoms with Gasteiger partial charge in [0.25, 0.3) is 10.0 Å². The Morgan fingerprint density at radius 1 is 1.10 bits per heavy atom. The molecule has 0 aliphatic carbocycles. The summed E-state index contributed by atoms with van der Waals surface area (Å²) < 4.78 is 33.7. The van der Waals surface area contributed by atoms with Crippen LogP contribution in [-0.4, -0.2) is 60.7 Å². The first-order valence-corrected chi connectivity index (χ1v) is 14.5. The van der Waals surface area contributed by atoms with E-state index >= 15 is 0 Å². The van der Waals surface area contributed by atoms with Gasteiger partial charge in [0.05, 0.1) is 11.3 Å². The van der Waals surface area contributed by atoms with Crippen molar-refractivity contribution in [2.45, 2.75) is 62.4 Å². The Hall–Kier alpha value is -3.54. The zero-order chi connectivity index (χ0) is 28.0. The van der Waals surface area contributed by atoms with Gasteiger partial charge in [0, 0.05) is 17.1 Å². The summed E-state index contributed by atoms with van der Waals surface area (Å²) in [4.78, 5) is 42.9. The quantitative estimate of drug-likeness (QED) is 0.186. The van der Waals surface area contributed by atoms with Crippen LogP contribution in [0.5, 0.6) is 0 Å². The van der Waals surface area contributed by atoms with E-state index in [1.807, 2.05) is 31.2 Å². The average Bonchev–Trinajstić information content (AvgIpc) is 3.59. The molecule has 11 heteroatoms. The first-order chi connectivity index (χ1) is 18.7. The Morgan fingerprint density at radius 2 is 1.85 bits per heavy atom. The first kappa shape index (κ1) is 28.5. The fraction of sp³-hybridized carbons (Fsp3) is 0.393. The number of nitrogens with one attached hydrogen (secondary N) is 2. The number of aryl methyl sites for hydroxylation is 1. The number of carbonyl (C=O) groups is 3. The van der Waals surface area contributed by atoms with Gasteiger partial charge in [-0.05, 0) is 75.9 Å². The molecule has 4 N–H and O–H groups in total. The number of H-pyrrole nitrogens is 1. The van der Waals surface area contributed by atoms with Crippen molar-refractivity contribution in [3.63, 3.8) is 0 Å². The summed E-state index contributed by atoms with van der Waals surface area (Å²) in [7, 11) is -4.50. The number of nitrogens with two attached hydrogens (primary N) is 1. The Kier molecular flexibility index (Phi) is 9.16. The zero-order valence-electron chi connectivity index (χ0n) is 21.9. The first-order valence-electron chi connectivity index (χ1n) is 13.1. The molecule has 2 aromatic carbocycles. The fourth-order valence-corrected chi connectivity index (χ4v) is 6.32. The number of carbonyl (C=O) groups excluding carboxylic acids is 3. The van der Waals surface area contributed by atoms with Crippen LogP contribution in [0.25, 0.3) is 10.9 Å². The SMILES string of the molecule is Cc1ccc(S(=O)(=O)N(C(=O)Cc2c[nH]c3ccccc23)[C@@H](CCCCN)C(=O)OC(=O)[C@@H]2CCCN2)cc1. The second kappa shape index (κ2) is 12.5. The molecule has 39 heavy (non-hydrogen) atoms. The molecular formula is C28H34N4O6S. The number of aromatic nitrogens is 1. The molecule has 1 aliphatic heterocycles. The van der Waals surface area contributed by atoms with Gasteiger partial charge >= 0.3 is 11.9 Å². The van der Waals surface area contributed by atoms with E-state index in [0.29, 0.717) is 42.2 Å². The standard InChI is InChI=1S/C28H34N4O6S/c1-19-11-13-21(14-12-19)39(36,37)32(26(33)17-20-18-31-23-8-3-2-7-22(20)23)25(10-4-5-15-29)28(35)38-27(34)24-9-6-16-30-24/h2-3,7-8,11-14,18,24-25,30-31H,4-6,9-10,15-17,29H2,1H3/t24-,25-/m0/s1. The van der Waals surface area contributed by atoms with E-state index in [1.54, 1.807) is 18.3 Å². The molecule has 10 nitrogen and oxygen atoms in total. The summed E-state index contributed by atoms with van der Waals surface area (Å²) >= 11 is 0. The molecule has 0 unspecified atom stereocenters. The summed E-state index contributed by atoms with van der Waals surface area (Å²) in [6, 6.07) is 11.2. The number of fused-ring (bicyclic) bond motifs is 1. The van der Waals surface area contributed by atoms with Crippen molar-refractivity contribution in [2.24, 2.45) is 5.73 Å². The lowest BCUT2D eigenvalue weighted by molar-refractivity contribution is -0.165. The maximum atomic E-state index is 14.0.